The van der Waals surface area contributed by atoms with E-state index < -0.39 is 84.6 Å². The molecule has 1 aliphatic heterocycles. The lowest BCUT2D eigenvalue weighted by atomic mass is 9.87. The second kappa shape index (κ2) is 27.0. The van der Waals surface area contributed by atoms with Gasteiger partial charge in [-0.3, -0.25) is 32.5 Å². The summed E-state index contributed by atoms with van der Waals surface area (Å²) < 4.78 is 68.5. The number of ether oxygens (including phenoxy) is 1. The van der Waals surface area contributed by atoms with Crippen LogP contribution < -0.4 is 16.4 Å². The summed E-state index contributed by atoms with van der Waals surface area (Å²) in [6, 6.07) is 0. The Morgan fingerprint density at radius 2 is 1.59 bits per heavy atom. The van der Waals surface area contributed by atoms with Crippen molar-refractivity contribution in [2.45, 2.75) is 136 Å². The number of unbranched alkanes of at least 4 members (excludes halogenated alkanes) is 7. The molecule has 394 valence electrons. The summed E-state index contributed by atoms with van der Waals surface area (Å²) in [5, 5.41) is 26.7. The van der Waals surface area contributed by atoms with Crippen LogP contribution >= 0.6 is 35.2 Å². The van der Waals surface area contributed by atoms with Crippen molar-refractivity contribution in [1.82, 2.24) is 30.2 Å². The summed E-state index contributed by atoms with van der Waals surface area (Å²) in [6.07, 6.45) is 7.03. The number of amides is 2. The Balaban J connectivity index is 1.07. The average molecular weight is 1070 g/mol. The van der Waals surface area contributed by atoms with Crippen LogP contribution in [0.2, 0.25) is 0 Å². The van der Waals surface area contributed by atoms with Gasteiger partial charge in [0.15, 0.2) is 22.8 Å². The number of furan rings is 1. The number of phosphoric acid groups is 3. The predicted octanol–water partition coefficient (Wildman–Crippen LogP) is 4.66. The van der Waals surface area contributed by atoms with Gasteiger partial charge in [0.25, 0.3) is 0 Å². The molecule has 1 aliphatic rings. The van der Waals surface area contributed by atoms with Crippen LogP contribution in [0.1, 0.15) is 114 Å². The number of rotatable bonds is 31. The van der Waals surface area contributed by atoms with Crippen molar-refractivity contribution in [3.8, 4) is 0 Å². The summed E-state index contributed by atoms with van der Waals surface area (Å²) in [7, 11) is -16.4. The van der Waals surface area contributed by atoms with Crippen LogP contribution in [-0.2, 0) is 57.1 Å². The molecule has 3 aromatic rings. The van der Waals surface area contributed by atoms with Gasteiger partial charge in [-0.05, 0) is 50.8 Å². The number of aliphatic hydroxyl groups is 2. The van der Waals surface area contributed by atoms with Crippen LogP contribution in [0.25, 0.3) is 17.2 Å². The number of imidazole rings is 1. The number of aliphatic hydroxyl groups excluding tert-OH is 2. The summed E-state index contributed by atoms with van der Waals surface area (Å²) >= 11 is 1.14. The molecule has 25 nitrogen and oxygen atoms in total. The van der Waals surface area contributed by atoms with E-state index in [0.29, 0.717) is 12.2 Å². The second-order valence-corrected chi connectivity index (χ2v) is 22.6. The Hall–Kier alpha value is -3.42. The monoisotopic (exact) mass is 1070 g/mol. The molecule has 2 amide bonds. The number of carbonyl (C=O) groups is 3. The Bertz CT molecular complexity index is 2400. The first kappa shape index (κ1) is 59.1. The van der Waals surface area contributed by atoms with Crippen LogP contribution in [0.5, 0.6) is 0 Å². The van der Waals surface area contributed by atoms with Gasteiger partial charge in [-0.1, -0.05) is 70.2 Å². The lowest BCUT2D eigenvalue weighted by Crippen LogP contribution is -2.46. The van der Waals surface area contributed by atoms with E-state index in [0.717, 1.165) is 91.9 Å². The minimum atomic E-state index is -5.58. The van der Waals surface area contributed by atoms with Gasteiger partial charge >= 0.3 is 23.5 Å². The van der Waals surface area contributed by atoms with E-state index in [1.54, 1.807) is 0 Å². The van der Waals surface area contributed by atoms with Gasteiger partial charge in [0.05, 0.1) is 19.5 Å². The second-order valence-electron chi connectivity index (χ2n) is 17.3. The number of nitrogens with two attached hydrogens (primary N) is 1. The molecule has 10 N–H and O–H groups in total. The number of fused-ring (bicyclic) bond motifs is 1. The highest BCUT2D eigenvalue weighted by atomic mass is 32.2. The SMILES string of the molecule is C/C=C/c1oc(CCCCCCCCCCC(=O)SCCNC(=O)CCNC(=O)C(O)C(C)(C)COP(=O)(O)OP(=O)(O)OCC2OC(n3cnc4c(N)ncnc43)C(O)C2OP(=O)(O)O)c(C)c1C. The van der Waals surface area contributed by atoms with Crippen molar-refractivity contribution in [1.29, 1.82) is 0 Å². The number of carbonyl (C=O) groups excluding carboxylic acids is 3. The lowest BCUT2D eigenvalue weighted by Gasteiger charge is -2.30. The number of thioether (sulfide) groups is 1. The molecular formula is C41H66N7O18P3S. The Labute approximate surface area is 409 Å². The van der Waals surface area contributed by atoms with Crippen molar-refractivity contribution in [2.24, 2.45) is 5.41 Å². The number of hydrogen-bond acceptors (Lipinski definition) is 19. The fourth-order valence-corrected chi connectivity index (χ4v) is 10.8. The molecule has 0 radical (unpaired) electrons. The molecule has 7 atom stereocenters. The highest BCUT2D eigenvalue weighted by Crippen LogP contribution is 2.61. The van der Waals surface area contributed by atoms with Gasteiger partial charge in [-0.15, -0.1) is 0 Å². The van der Waals surface area contributed by atoms with Gasteiger partial charge < -0.3 is 55.3 Å². The van der Waals surface area contributed by atoms with Gasteiger partial charge in [-0.2, -0.15) is 4.31 Å². The molecule has 3 aromatic heterocycles. The minimum absolute atomic E-state index is 0.0309. The minimum Gasteiger partial charge on any atom is -0.461 e. The predicted molar refractivity (Wildman–Crippen MR) is 255 cm³/mol. The normalized spacial score (nSPS) is 19.9. The van der Waals surface area contributed by atoms with Crippen molar-refractivity contribution in [3.63, 3.8) is 0 Å². The van der Waals surface area contributed by atoms with E-state index in [2.05, 4.69) is 48.3 Å². The lowest BCUT2D eigenvalue weighted by molar-refractivity contribution is -0.137. The van der Waals surface area contributed by atoms with E-state index in [1.807, 2.05) is 19.1 Å². The largest absolute Gasteiger partial charge is 0.481 e. The first-order valence-electron chi connectivity index (χ1n) is 22.6. The first-order chi connectivity index (χ1) is 32.8. The Kier molecular flexibility index (Phi) is 22.8. The van der Waals surface area contributed by atoms with Crippen molar-refractivity contribution < 1.29 is 84.9 Å². The molecule has 0 aliphatic carbocycles. The topological polar surface area (TPSA) is 377 Å². The van der Waals surface area contributed by atoms with Crippen LogP contribution in [0.3, 0.4) is 0 Å². The van der Waals surface area contributed by atoms with E-state index in [1.165, 1.54) is 31.4 Å². The standard InChI is InChI=1S/C41H66N7O18P3S/c1-6-15-28-26(2)27(3)29(63-28)16-13-11-9-7-8-10-12-14-17-32(50)70-21-20-43-31(49)18-19-44-39(53)36(52)41(4,5)23-62-69(59,60)66-68(57,58)61-22-30-35(65-67(54,55)56)34(51)40(64-30)48-25-47-33-37(42)45-24-46-38(33)48/h6,15,24-25,30,34-36,40,51-52H,7-14,16-23H2,1-5H3,(H,43,49)(H,44,53)(H,57,58)(H,59,60)(H2,42,45,46)(H2,54,55,56)/b15-6+. The van der Waals surface area contributed by atoms with Crippen molar-refractivity contribution in [3.05, 3.63) is 41.4 Å². The molecule has 0 bridgehead atoms. The quantitative estimate of drug-likeness (QED) is 0.0312. The Morgan fingerprint density at radius 1 is 0.929 bits per heavy atom. The van der Waals surface area contributed by atoms with E-state index >= 15 is 0 Å². The fraction of sp³-hybridized carbons (Fsp3) is 0.659. The maximum Gasteiger partial charge on any atom is 0.481 e. The van der Waals surface area contributed by atoms with Crippen molar-refractivity contribution >= 4 is 75.2 Å². The molecule has 7 unspecified atom stereocenters. The average Bonchev–Trinajstić information content (AvgIpc) is 3.93. The molecular weight excluding hydrogens is 1000 g/mol. The number of aromatic nitrogens is 4. The molecule has 4 rings (SSSR count). The third-order valence-electron chi connectivity index (χ3n) is 11.2. The summed E-state index contributed by atoms with van der Waals surface area (Å²) in [6.45, 7) is 6.72. The van der Waals surface area contributed by atoms with E-state index in [9.17, 15) is 57.9 Å². The molecule has 0 aromatic carbocycles. The number of aryl methyl sites for hydroxylation is 1. The number of nitrogens with one attached hydrogen (secondary N) is 2. The van der Waals surface area contributed by atoms with Crippen LogP contribution in [0.15, 0.2) is 23.1 Å². The van der Waals surface area contributed by atoms with Gasteiger partial charge in [0.1, 0.15) is 47.8 Å². The summed E-state index contributed by atoms with van der Waals surface area (Å²) in [5.74, 6) is 0.963. The van der Waals surface area contributed by atoms with E-state index in [-0.39, 0.29) is 41.6 Å². The third-order valence-corrected chi connectivity index (χ3v) is 15.2. The maximum absolute atomic E-state index is 12.8. The zero-order chi connectivity index (χ0) is 51.9. The Morgan fingerprint density at radius 3 is 2.26 bits per heavy atom. The number of hydrogen-bond donors (Lipinski definition) is 9. The molecule has 1 saturated heterocycles. The zero-order valence-electron chi connectivity index (χ0n) is 39.7. The maximum atomic E-state index is 12.8. The smallest absolute Gasteiger partial charge is 0.461 e. The van der Waals surface area contributed by atoms with Crippen LogP contribution in [0.4, 0.5) is 5.82 Å². The zero-order valence-corrected chi connectivity index (χ0v) is 43.2. The molecule has 1 fully saturated rings. The molecule has 0 spiro atoms. The number of anilines is 1. The van der Waals surface area contributed by atoms with Gasteiger partial charge in [0.2, 0.25) is 11.8 Å². The first-order valence-corrected chi connectivity index (χ1v) is 28.1. The van der Waals surface area contributed by atoms with Gasteiger partial charge in [-0.25, -0.2) is 28.6 Å². The number of phosphoric ester groups is 3. The highest BCUT2D eigenvalue weighted by Gasteiger charge is 2.50. The third kappa shape index (κ3) is 18.6. The number of nitrogen functional groups attached to an aromatic ring is 1. The van der Waals surface area contributed by atoms with Crippen LogP contribution in [-0.4, -0.2) is 123 Å². The molecule has 29 heteroatoms. The van der Waals surface area contributed by atoms with Crippen molar-refractivity contribution in [2.75, 3.05) is 37.8 Å². The highest BCUT2D eigenvalue weighted by molar-refractivity contribution is 8.13. The number of nitrogens with zero attached hydrogens (tertiary/aromatic N) is 4. The fourth-order valence-electron chi connectivity index (χ4n) is 7.21. The van der Waals surface area contributed by atoms with E-state index in [4.69, 9.17) is 23.9 Å². The van der Waals surface area contributed by atoms with Gasteiger partial charge in [0, 0.05) is 43.5 Å². The summed E-state index contributed by atoms with van der Waals surface area (Å²) in [5.41, 5.74) is 6.72. The molecule has 4 heterocycles. The number of allylic oxidation sites excluding steroid dienone is 1. The molecule has 0 saturated carbocycles. The summed E-state index contributed by atoms with van der Waals surface area (Å²) in [4.78, 5) is 88.5. The molecule has 70 heavy (non-hydrogen) atoms. The van der Waals surface area contributed by atoms with Crippen LogP contribution in [0, 0.1) is 19.3 Å².